The van der Waals surface area contributed by atoms with Crippen LogP contribution in [0.1, 0.15) is 33.7 Å². The summed E-state index contributed by atoms with van der Waals surface area (Å²) in [6.45, 7) is 0.885. The Morgan fingerprint density at radius 1 is 0.783 bits per heavy atom. The van der Waals surface area contributed by atoms with Crippen LogP contribution in [-0.2, 0) is 11.0 Å². The van der Waals surface area contributed by atoms with E-state index in [9.17, 15) is 0 Å². The van der Waals surface area contributed by atoms with Gasteiger partial charge in [0.15, 0.2) is 0 Å². The Morgan fingerprint density at radius 3 is 2.26 bits per heavy atom. The molecule has 2 heteroatoms. The first-order valence-corrected chi connectivity index (χ1v) is 9.45. The van der Waals surface area contributed by atoms with E-state index >= 15 is 0 Å². The van der Waals surface area contributed by atoms with E-state index in [1.807, 2.05) is 0 Å². The van der Waals surface area contributed by atoms with Crippen molar-refractivity contribution in [1.29, 1.82) is 0 Å². The molecule has 3 aromatic rings. The summed E-state index contributed by atoms with van der Waals surface area (Å²) in [5, 5.41) is 3.62. The van der Waals surface area contributed by atoms with Gasteiger partial charge in [-0.25, -0.2) is 0 Å². The van der Waals surface area contributed by atoms with Crippen LogP contribution < -0.4 is 5.32 Å². The molecule has 1 atom stereocenters. The highest BCUT2D eigenvalue weighted by molar-refractivity contribution is 14.1. The first kappa shape index (κ1) is 14.8. The van der Waals surface area contributed by atoms with E-state index in [1.54, 1.807) is 0 Å². The summed E-state index contributed by atoms with van der Waals surface area (Å²) in [4.78, 5) is 0. The molecule has 0 saturated carbocycles. The fourth-order valence-electron chi connectivity index (χ4n) is 3.52. The number of halogens is 1. The molecule has 0 aliphatic carbocycles. The van der Waals surface area contributed by atoms with Crippen LogP contribution in [0.4, 0.5) is 5.69 Å². The van der Waals surface area contributed by atoms with Gasteiger partial charge in [0.2, 0.25) is 0 Å². The Morgan fingerprint density at radius 2 is 1.43 bits per heavy atom. The molecule has 0 amide bonds. The highest BCUT2D eigenvalue weighted by Crippen LogP contribution is 2.41. The van der Waals surface area contributed by atoms with Crippen molar-refractivity contribution >= 4 is 28.3 Å². The maximum atomic E-state index is 3.62. The van der Waals surface area contributed by atoms with E-state index in [0.29, 0.717) is 5.92 Å². The summed E-state index contributed by atoms with van der Waals surface area (Å²) in [7, 11) is 0. The summed E-state index contributed by atoms with van der Waals surface area (Å²) < 4.78 is 1.03. The predicted molar refractivity (Wildman–Crippen MR) is 105 cm³/mol. The molecular weight excluding hydrogens is 393 g/mol. The van der Waals surface area contributed by atoms with Crippen molar-refractivity contribution in [3.8, 4) is 0 Å². The SMILES string of the molecule is ICc1ccccc1C1c2ccccc2CNc2ccccc21. The van der Waals surface area contributed by atoms with Crippen molar-refractivity contribution in [2.45, 2.75) is 16.9 Å². The van der Waals surface area contributed by atoms with Crippen molar-refractivity contribution in [3.63, 3.8) is 0 Å². The molecule has 0 fully saturated rings. The quantitative estimate of drug-likeness (QED) is 0.420. The zero-order valence-electron chi connectivity index (χ0n) is 12.8. The smallest absolute Gasteiger partial charge is 0.0403 e. The first-order valence-electron chi connectivity index (χ1n) is 7.93. The van der Waals surface area contributed by atoms with Gasteiger partial charge >= 0.3 is 0 Å². The molecule has 1 unspecified atom stereocenters. The number of hydrogen-bond donors (Lipinski definition) is 1. The topological polar surface area (TPSA) is 12.0 Å². The zero-order valence-corrected chi connectivity index (χ0v) is 15.0. The first-order chi connectivity index (χ1) is 11.4. The van der Waals surface area contributed by atoms with Crippen LogP contribution >= 0.6 is 22.6 Å². The monoisotopic (exact) mass is 411 g/mol. The number of benzene rings is 3. The van der Waals surface area contributed by atoms with Gasteiger partial charge in [0.1, 0.15) is 0 Å². The minimum atomic E-state index is 0.295. The molecule has 4 rings (SSSR count). The molecule has 1 aliphatic heterocycles. The molecule has 1 heterocycles. The molecule has 114 valence electrons. The maximum absolute atomic E-state index is 3.62. The maximum Gasteiger partial charge on any atom is 0.0403 e. The van der Waals surface area contributed by atoms with Crippen LogP contribution in [0.5, 0.6) is 0 Å². The molecule has 1 aliphatic rings. The molecule has 1 nitrogen and oxygen atoms in total. The van der Waals surface area contributed by atoms with Crippen LogP contribution in [0.15, 0.2) is 72.8 Å². The third-order valence-corrected chi connectivity index (χ3v) is 5.44. The number of hydrogen-bond acceptors (Lipinski definition) is 1. The fraction of sp³-hybridized carbons (Fsp3) is 0.143. The van der Waals surface area contributed by atoms with Crippen molar-refractivity contribution < 1.29 is 0 Å². The number of alkyl halides is 1. The average Bonchev–Trinajstić information content (AvgIpc) is 2.78. The standard InChI is InChI=1S/C21H18IN/c22-13-15-7-1-3-9-17(15)21-18-10-4-2-8-16(18)14-23-20-12-6-5-11-19(20)21/h1-12,21,23H,13-14H2. The van der Waals surface area contributed by atoms with Crippen molar-refractivity contribution in [3.05, 3.63) is 101 Å². The second kappa shape index (κ2) is 6.36. The van der Waals surface area contributed by atoms with Gasteiger partial charge in [0.25, 0.3) is 0 Å². The molecule has 0 bridgehead atoms. The Labute approximate surface area is 150 Å². The highest BCUT2D eigenvalue weighted by atomic mass is 127. The highest BCUT2D eigenvalue weighted by Gasteiger charge is 2.25. The van der Waals surface area contributed by atoms with Gasteiger partial charge in [-0.1, -0.05) is 89.3 Å². The van der Waals surface area contributed by atoms with Crippen LogP contribution in [-0.4, -0.2) is 0 Å². The molecule has 23 heavy (non-hydrogen) atoms. The van der Waals surface area contributed by atoms with Crippen LogP contribution in [0, 0.1) is 0 Å². The third kappa shape index (κ3) is 2.65. The summed E-state index contributed by atoms with van der Waals surface area (Å²) in [6, 6.07) is 26.4. The summed E-state index contributed by atoms with van der Waals surface area (Å²) in [5.74, 6) is 0.295. The largest absolute Gasteiger partial charge is 0.381 e. The van der Waals surface area contributed by atoms with Crippen LogP contribution in [0.3, 0.4) is 0 Å². The summed E-state index contributed by atoms with van der Waals surface area (Å²) in [5.41, 5.74) is 8.26. The van der Waals surface area contributed by atoms with Crippen LogP contribution in [0.2, 0.25) is 0 Å². The Hall–Kier alpha value is -1.81. The van der Waals surface area contributed by atoms with Crippen molar-refractivity contribution in [2.24, 2.45) is 0 Å². The van der Waals surface area contributed by atoms with E-state index in [4.69, 9.17) is 0 Å². The van der Waals surface area contributed by atoms with Crippen molar-refractivity contribution in [2.75, 3.05) is 5.32 Å². The molecule has 0 radical (unpaired) electrons. The molecule has 1 N–H and O–H groups in total. The predicted octanol–water partition coefficient (Wildman–Crippen LogP) is 5.73. The molecular formula is C21H18IN. The van der Waals surface area contributed by atoms with Gasteiger partial charge in [-0.2, -0.15) is 0 Å². The lowest BCUT2D eigenvalue weighted by Gasteiger charge is -2.22. The lowest BCUT2D eigenvalue weighted by atomic mass is 9.81. The van der Waals surface area contributed by atoms with E-state index in [1.165, 1.54) is 33.5 Å². The second-order valence-corrected chi connectivity index (χ2v) is 6.67. The number of nitrogens with one attached hydrogen (secondary N) is 1. The van der Waals surface area contributed by atoms with E-state index in [0.717, 1.165) is 11.0 Å². The lowest BCUT2D eigenvalue weighted by Crippen LogP contribution is -2.07. The molecule has 0 aromatic heterocycles. The average molecular weight is 411 g/mol. The molecule has 0 spiro atoms. The number of fused-ring (bicyclic) bond motifs is 2. The summed E-state index contributed by atoms with van der Waals surface area (Å²) in [6.07, 6.45) is 0. The minimum absolute atomic E-state index is 0.295. The fourth-order valence-corrected chi connectivity index (χ4v) is 4.21. The number of para-hydroxylation sites is 1. The molecule has 3 aromatic carbocycles. The van der Waals surface area contributed by atoms with Crippen LogP contribution in [0.25, 0.3) is 0 Å². The van der Waals surface area contributed by atoms with E-state index in [2.05, 4.69) is 101 Å². The zero-order chi connectivity index (χ0) is 15.6. The normalized spacial score (nSPS) is 16.0. The van der Waals surface area contributed by atoms with Gasteiger partial charge in [0.05, 0.1) is 0 Å². The lowest BCUT2D eigenvalue weighted by molar-refractivity contribution is 0.957. The van der Waals surface area contributed by atoms with E-state index < -0.39 is 0 Å². The Bertz CT molecular complexity index is 793. The number of rotatable bonds is 2. The Kier molecular flexibility index (Phi) is 4.08. The van der Waals surface area contributed by atoms with Gasteiger partial charge in [-0.3, -0.25) is 0 Å². The van der Waals surface area contributed by atoms with E-state index in [-0.39, 0.29) is 0 Å². The number of anilines is 1. The minimum Gasteiger partial charge on any atom is -0.381 e. The van der Waals surface area contributed by atoms with Gasteiger partial charge < -0.3 is 5.32 Å². The third-order valence-electron chi connectivity index (χ3n) is 4.62. The molecule has 0 saturated heterocycles. The van der Waals surface area contributed by atoms with Gasteiger partial charge in [-0.15, -0.1) is 0 Å². The van der Waals surface area contributed by atoms with Gasteiger partial charge in [-0.05, 0) is 33.9 Å². The van der Waals surface area contributed by atoms with Gasteiger partial charge in [0, 0.05) is 22.6 Å². The summed E-state index contributed by atoms with van der Waals surface area (Å²) >= 11 is 2.47. The Balaban J connectivity index is 2.00. The van der Waals surface area contributed by atoms with Crippen molar-refractivity contribution in [1.82, 2.24) is 0 Å². The second-order valence-electron chi connectivity index (χ2n) is 5.91.